The molecule has 0 spiro atoms. The van der Waals surface area contributed by atoms with Crippen molar-refractivity contribution < 1.29 is 23.4 Å². The van der Waals surface area contributed by atoms with Gasteiger partial charge in [-0.25, -0.2) is 14.2 Å². The Bertz CT molecular complexity index is 636. The van der Waals surface area contributed by atoms with Crippen molar-refractivity contribution in [2.24, 2.45) is 0 Å². The third-order valence-corrected chi connectivity index (χ3v) is 2.78. The van der Waals surface area contributed by atoms with Gasteiger partial charge in [0.05, 0.1) is 12.8 Å². The molecule has 1 aromatic heterocycles. The van der Waals surface area contributed by atoms with E-state index in [1.807, 2.05) is 6.92 Å². The fourth-order valence-corrected chi connectivity index (χ4v) is 1.84. The topological polar surface area (TPSA) is 72.6 Å². The minimum absolute atomic E-state index is 0.0506. The van der Waals surface area contributed by atoms with Gasteiger partial charge in [-0.15, -0.1) is 0 Å². The quantitative estimate of drug-likeness (QED) is 0.910. The van der Waals surface area contributed by atoms with Gasteiger partial charge in [0.2, 0.25) is 11.7 Å². The van der Waals surface area contributed by atoms with E-state index in [9.17, 15) is 9.18 Å². The lowest BCUT2D eigenvalue weighted by Crippen LogP contribution is -1.99. The molecule has 0 atom stereocenters. The molecule has 0 aliphatic carbocycles. The summed E-state index contributed by atoms with van der Waals surface area (Å²) < 4.78 is 23.5. The number of carbonyl (C=O) groups is 1. The van der Waals surface area contributed by atoms with E-state index in [2.05, 4.69) is 4.98 Å². The molecule has 0 unspecified atom stereocenters. The number of nitrogens with zero attached hydrogens (tertiary/aromatic N) is 1. The maximum absolute atomic E-state index is 13.3. The van der Waals surface area contributed by atoms with Crippen LogP contribution in [0.3, 0.4) is 0 Å². The summed E-state index contributed by atoms with van der Waals surface area (Å²) >= 11 is 0. The number of aromatic carboxylic acids is 1. The normalized spacial score (nSPS) is 10.6. The molecule has 0 saturated heterocycles. The van der Waals surface area contributed by atoms with Crippen molar-refractivity contribution in [3.8, 4) is 17.2 Å². The zero-order chi connectivity index (χ0) is 14.7. The molecule has 0 bridgehead atoms. The van der Waals surface area contributed by atoms with E-state index in [-0.39, 0.29) is 17.4 Å². The fraction of sp³-hybridized carbons (Fsp3) is 0.286. The number of carboxylic acid groups (broad SMARTS) is 1. The Labute approximate surface area is 115 Å². The number of methoxy groups -OCH3 is 1. The Kier molecular flexibility index (Phi) is 4.02. The summed E-state index contributed by atoms with van der Waals surface area (Å²) in [5.74, 6) is -1.65. The maximum atomic E-state index is 13.3. The summed E-state index contributed by atoms with van der Waals surface area (Å²) in [4.78, 5) is 15.3. The first kappa shape index (κ1) is 14.0. The maximum Gasteiger partial charge on any atom is 0.373 e. The molecule has 0 fully saturated rings. The Morgan fingerprint density at radius 1 is 1.50 bits per heavy atom. The molecule has 2 rings (SSSR count). The van der Waals surface area contributed by atoms with Crippen LogP contribution in [0.2, 0.25) is 0 Å². The van der Waals surface area contributed by atoms with Crippen LogP contribution in [0.4, 0.5) is 4.39 Å². The molecule has 1 N–H and O–H groups in total. The van der Waals surface area contributed by atoms with Crippen LogP contribution in [0.15, 0.2) is 22.6 Å². The van der Waals surface area contributed by atoms with Gasteiger partial charge in [-0.2, -0.15) is 0 Å². The van der Waals surface area contributed by atoms with Crippen LogP contribution in [0.25, 0.3) is 11.5 Å². The van der Waals surface area contributed by atoms with Crippen LogP contribution in [0.1, 0.15) is 29.6 Å². The number of ether oxygens (including phenoxy) is 1. The van der Waals surface area contributed by atoms with Gasteiger partial charge in [0.15, 0.2) is 11.6 Å². The first-order valence-electron chi connectivity index (χ1n) is 6.13. The molecule has 20 heavy (non-hydrogen) atoms. The van der Waals surface area contributed by atoms with Gasteiger partial charge in [0, 0.05) is 5.56 Å². The molecule has 0 amide bonds. The largest absolute Gasteiger partial charge is 0.494 e. The summed E-state index contributed by atoms with van der Waals surface area (Å²) in [5.41, 5.74) is 0.853. The number of oxazole rings is 1. The summed E-state index contributed by atoms with van der Waals surface area (Å²) in [7, 11) is 1.35. The summed E-state index contributed by atoms with van der Waals surface area (Å²) in [6.45, 7) is 1.92. The van der Waals surface area contributed by atoms with E-state index >= 15 is 0 Å². The van der Waals surface area contributed by atoms with Gasteiger partial charge in [0.1, 0.15) is 0 Å². The Morgan fingerprint density at radius 3 is 2.85 bits per heavy atom. The number of hydrogen-bond acceptors (Lipinski definition) is 4. The van der Waals surface area contributed by atoms with E-state index in [0.29, 0.717) is 17.7 Å². The molecule has 1 aromatic carbocycles. The van der Waals surface area contributed by atoms with Crippen LogP contribution in [-0.4, -0.2) is 23.2 Å². The average Bonchev–Trinajstić information content (AvgIpc) is 2.84. The number of benzene rings is 1. The highest BCUT2D eigenvalue weighted by atomic mass is 19.1. The van der Waals surface area contributed by atoms with Gasteiger partial charge in [-0.1, -0.05) is 13.3 Å². The van der Waals surface area contributed by atoms with E-state index in [0.717, 1.165) is 6.42 Å². The highest BCUT2D eigenvalue weighted by Crippen LogP contribution is 2.27. The summed E-state index contributed by atoms with van der Waals surface area (Å²) in [6.07, 6.45) is 1.25. The average molecular weight is 279 g/mol. The number of carboxylic acids is 1. The van der Waals surface area contributed by atoms with Crippen molar-refractivity contribution in [1.82, 2.24) is 4.98 Å². The van der Waals surface area contributed by atoms with E-state index in [1.54, 1.807) is 0 Å². The zero-order valence-electron chi connectivity index (χ0n) is 11.1. The second kappa shape index (κ2) is 5.73. The number of halogens is 1. The molecule has 0 aliphatic rings. The Balaban J connectivity index is 2.47. The van der Waals surface area contributed by atoms with Crippen molar-refractivity contribution in [1.29, 1.82) is 0 Å². The van der Waals surface area contributed by atoms with Crippen LogP contribution in [-0.2, 0) is 6.42 Å². The lowest BCUT2D eigenvalue weighted by atomic mass is 10.2. The molecule has 5 nitrogen and oxygen atoms in total. The van der Waals surface area contributed by atoms with Gasteiger partial charge in [0.25, 0.3) is 0 Å². The van der Waals surface area contributed by atoms with E-state index in [4.69, 9.17) is 14.3 Å². The Morgan fingerprint density at radius 2 is 2.25 bits per heavy atom. The minimum atomic E-state index is -1.17. The van der Waals surface area contributed by atoms with Gasteiger partial charge in [-0.05, 0) is 24.6 Å². The lowest BCUT2D eigenvalue weighted by Gasteiger charge is -2.02. The molecule has 0 aliphatic heterocycles. The molecule has 106 valence electrons. The second-order valence-corrected chi connectivity index (χ2v) is 4.20. The lowest BCUT2D eigenvalue weighted by molar-refractivity contribution is 0.0661. The van der Waals surface area contributed by atoms with Crippen molar-refractivity contribution in [2.75, 3.05) is 7.11 Å². The predicted octanol–water partition coefficient (Wildman–Crippen LogP) is 3.14. The first-order valence-corrected chi connectivity index (χ1v) is 6.13. The van der Waals surface area contributed by atoms with Crippen LogP contribution in [0, 0.1) is 5.82 Å². The van der Waals surface area contributed by atoms with Gasteiger partial charge >= 0.3 is 5.97 Å². The van der Waals surface area contributed by atoms with Crippen molar-refractivity contribution >= 4 is 5.97 Å². The van der Waals surface area contributed by atoms with Crippen LogP contribution >= 0.6 is 0 Å². The highest BCUT2D eigenvalue weighted by molar-refractivity contribution is 5.86. The number of aryl methyl sites for hydroxylation is 1. The SMILES string of the molecule is CCCc1nc(-c2ccc(F)c(OC)c2)oc1C(=O)O. The minimum Gasteiger partial charge on any atom is -0.494 e. The van der Waals surface area contributed by atoms with Crippen molar-refractivity contribution in [2.45, 2.75) is 19.8 Å². The van der Waals surface area contributed by atoms with E-state index < -0.39 is 11.8 Å². The first-order chi connectivity index (χ1) is 9.56. The smallest absolute Gasteiger partial charge is 0.373 e. The van der Waals surface area contributed by atoms with Crippen molar-refractivity contribution in [3.05, 3.63) is 35.5 Å². The van der Waals surface area contributed by atoms with E-state index in [1.165, 1.54) is 25.3 Å². The zero-order valence-corrected chi connectivity index (χ0v) is 11.1. The molecule has 6 heteroatoms. The molecule has 0 saturated carbocycles. The van der Waals surface area contributed by atoms with Crippen LogP contribution in [0.5, 0.6) is 5.75 Å². The standard InChI is InChI=1S/C14H14FNO4/c1-3-4-10-12(14(17)18)20-13(16-10)8-5-6-9(15)11(7-8)19-2/h5-7H,3-4H2,1-2H3,(H,17,18). The molecule has 1 heterocycles. The number of aromatic nitrogens is 1. The fourth-order valence-electron chi connectivity index (χ4n) is 1.84. The number of hydrogen-bond donors (Lipinski definition) is 1. The third kappa shape index (κ3) is 2.64. The van der Waals surface area contributed by atoms with Crippen LogP contribution < -0.4 is 4.74 Å². The molecular weight excluding hydrogens is 265 g/mol. The van der Waals surface area contributed by atoms with Crippen molar-refractivity contribution in [3.63, 3.8) is 0 Å². The van der Waals surface area contributed by atoms with Gasteiger partial charge < -0.3 is 14.3 Å². The number of rotatable bonds is 5. The second-order valence-electron chi connectivity index (χ2n) is 4.20. The third-order valence-electron chi connectivity index (χ3n) is 2.78. The summed E-state index contributed by atoms with van der Waals surface area (Å²) in [6, 6.07) is 4.10. The monoisotopic (exact) mass is 279 g/mol. The van der Waals surface area contributed by atoms with Gasteiger partial charge in [-0.3, -0.25) is 0 Å². The highest BCUT2D eigenvalue weighted by Gasteiger charge is 2.20. The molecular formula is C14H14FNO4. The predicted molar refractivity (Wildman–Crippen MR) is 69.4 cm³/mol. The Hall–Kier alpha value is -2.37. The molecule has 0 radical (unpaired) electrons. The summed E-state index contributed by atoms with van der Waals surface area (Å²) in [5, 5.41) is 9.08. The molecule has 2 aromatic rings.